The van der Waals surface area contributed by atoms with Crippen LogP contribution >= 0.6 is 0 Å². The Hall–Kier alpha value is -0.960. The predicted octanol–water partition coefficient (Wildman–Crippen LogP) is 3.06. The molecule has 3 heteroatoms. The van der Waals surface area contributed by atoms with Crippen LogP contribution in [0, 0.1) is 29.1 Å². The maximum absolute atomic E-state index is 12.4. The second kappa shape index (κ2) is 4.53. The van der Waals surface area contributed by atoms with Gasteiger partial charge >= 0.3 is 0 Å². The van der Waals surface area contributed by atoms with Gasteiger partial charge in [0, 0.05) is 18.3 Å². The summed E-state index contributed by atoms with van der Waals surface area (Å²) in [5.41, 5.74) is 0.0423. The van der Waals surface area contributed by atoms with Gasteiger partial charge in [-0.1, -0.05) is 13.8 Å². The van der Waals surface area contributed by atoms with Gasteiger partial charge in [-0.15, -0.1) is 0 Å². The summed E-state index contributed by atoms with van der Waals surface area (Å²) in [5.74, 6) is 2.16. The number of carbonyl (C=O) groups excluding carboxylic acids is 2. The normalized spacial score (nSPS) is 51.0. The third kappa shape index (κ3) is 1.72. The van der Waals surface area contributed by atoms with Crippen LogP contribution < -0.4 is 0 Å². The number of fused-ring (bicyclic) bond motifs is 5. The lowest BCUT2D eigenvalue weighted by atomic mass is 9.48. The third-order valence-corrected chi connectivity index (χ3v) is 7.50. The van der Waals surface area contributed by atoms with Crippen molar-refractivity contribution in [3.8, 4) is 0 Å². The molecule has 1 N–H and O–H groups in total. The summed E-state index contributed by atoms with van der Waals surface area (Å²) in [4.78, 5) is 24.2. The van der Waals surface area contributed by atoms with E-state index in [1.54, 1.807) is 6.08 Å². The van der Waals surface area contributed by atoms with Gasteiger partial charge in [0.1, 0.15) is 5.78 Å². The third-order valence-electron chi connectivity index (χ3n) is 7.50. The Morgan fingerprint density at radius 3 is 2.68 bits per heavy atom. The van der Waals surface area contributed by atoms with Crippen LogP contribution in [0.15, 0.2) is 11.6 Å². The molecule has 0 radical (unpaired) electrons. The fraction of sp³-hybridized carbons (Fsp3) is 0.789. The van der Waals surface area contributed by atoms with Gasteiger partial charge in [-0.3, -0.25) is 9.59 Å². The molecule has 3 nitrogen and oxygen atoms in total. The highest BCUT2D eigenvalue weighted by Gasteiger charge is 2.61. The topological polar surface area (TPSA) is 54.4 Å². The number of carbonyl (C=O) groups is 2. The quantitative estimate of drug-likeness (QED) is 0.748. The number of hydrogen-bond acceptors (Lipinski definition) is 3. The Morgan fingerprint density at radius 1 is 1.14 bits per heavy atom. The van der Waals surface area contributed by atoms with E-state index in [-0.39, 0.29) is 17.1 Å². The zero-order chi connectivity index (χ0) is 15.7. The molecule has 22 heavy (non-hydrogen) atoms. The molecule has 1 unspecified atom stereocenters. The molecular formula is C19H26O3. The molecular weight excluding hydrogens is 276 g/mol. The van der Waals surface area contributed by atoms with Crippen LogP contribution in [0.4, 0.5) is 0 Å². The summed E-state index contributed by atoms with van der Waals surface area (Å²) >= 11 is 0. The predicted molar refractivity (Wildman–Crippen MR) is 83.1 cm³/mol. The first kappa shape index (κ1) is 14.6. The minimum absolute atomic E-state index is 0.155. The van der Waals surface area contributed by atoms with Crippen molar-refractivity contribution >= 4 is 11.6 Å². The molecule has 4 aliphatic rings. The van der Waals surface area contributed by atoms with Gasteiger partial charge in [0.15, 0.2) is 5.78 Å². The zero-order valence-corrected chi connectivity index (χ0v) is 13.6. The first-order valence-electron chi connectivity index (χ1n) is 8.86. The monoisotopic (exact) mass is 302 g/mol. The molecule has 0 aromatic rings. The minimum atomic E-state index is -0.780. The van der Waals surface area contributed by atoms with Gasteiger partial charge in [0.25, 0.3) is 0 Å². The molecule has 6 atom stereocenters. The highest BCUT2D eigenvalue weighted by molar-refractivity contribution is 5.92. The van der Waals surface area contributed by atoms with Crippen molar-refractivity contribution in [3.05, 3.63) is 11.6 Å². The average Bonchev–Trinajstić information content (AvgIpc) is 2.77. The minimum Gasteiger partial charge on any atom is -0.385 e. The number of ketones is 2. The molecule has 4 aliphatic carbocycles. The largest absolute Gasteiger partial charge is 0.385 e. The van der Waals surface area contributed by atoms with E-state index in [4.69, 9.17) is 0 Å². The van der Waals surface area contributed by atoms with Crippen LogP contribution in [-0.4, -0.2) is 22.3 Å². The molecule has 0 aromatic heterocycles. The molecule has 3 fully saturated rings. The van der Waals surface area contributed by atoms with E-state index in [2.05, 4.69) is 13.8 Å². The second-order valence-electron chi connectivity index (χ2n) is 8.45. The van der Waals surface area contributed by atoms with E-state index in [1.165, 1.54) is 0 Å². The van der Waals surface area contributed by atoms with E-state index < -0.39 is 5.60 Å². The van der Waals surface area contributed by atoms with Crippen molar-refractivity contribution in [2.24, 2.45) is 29.1 Å². The van der Waals surface area contributed by atoms with Crippen LogP contribution in [0.1, 0.15) is 58.8 Å². The summed E-state index contributed by atoms with van der Waals surface area (Å²) in [7, 11) is 0. The fourth-order valence-corrected chi connectivity index (χ4v) is 6.33. The van der Waals surface area contributed by atoms with Crippen molar-refractivity contribution in [2.75, 3.05) is 0 Å². The summed E-state index contributed by atoms with van der Waals surface area (Å²) in [6.45, 7) is 4.42. The lowest BCUT2D eigenvalue weighted by molar-refractivity contribution is -0.144. The van der Waals surface area contributed by atoms with E-state index in [0.717, 1.165) is 37.7 Å². The SMILES string of the molecule is CC1CC2=CC(=O)CC[C@]2(O)[C@H]2CC[C@]3(C)C(=O)CC[C@H]3[C@H]12. The summed E-state index contributed by atoms with van der Waals surface area (Å²) in [6, 6.07) is 0. The van der Waals surface area contributed by atoms with E-state index >= 15 is 0 Å². The van der Waals surface area contributed by atoms with Crippen LogP contribution in [0.3, 0.4) is 0 Å². The molecule has 0 bridgehead atoms. The van der Waals surface area contributed by atoms with E-state index in [1.807, 2.05) is 0 Å². The van der Waals surface area contributed by atoms with Crippen molar-refractivity contribution in [1.29, 1.82) is 0 Å². The lowest BCUT2D eigenvalue weighted by Gasteiger charge is -2.57. The van der Waals surface area contributed by atoms with Crippen molar-refractivity contribution < 1.29 is 14.7 Å². The lowest BCUT2D eigenvalue weighted by Crippen LogP contribution is -2.57. The van der Waals surface area contributed by atoms with Gasteiger partial charge in [0.2, 0.25) is 0 Å². The standard InChI is InChI=1S/C19H26O3/c1-11-9-12-10-13(20)5-8-19(12,22)15-6-7-18(2)14(17(11)15)3-4-16(18)21/h10-11,14-15,17,22H,3-9H2,1-2H3/t11?,14-,15-,17-,18-,19+/m0/s1. The molecule has 3 saturated carbocycles. The number of rotatable bonds is 0. The Morgan fingerprint density at radius 2 is 1.91 bits per heavy atom. The fourth-order valence-electron chi connectivity index (χ4n) is 6.33. The maximum atomic E-state index is 12.4. The molecule has 0 heterocycles. The molecule has 0 aliphatic heterocycles. The molecule has 4 rings (SSSR count). The van der Waals surface area contributed by atoms with Crippen LogP contribution in [0.25, 0.3) is 0 Å². The molecule has 120 valence electrons. The smallest absolute Gasteiger partial charge is 0.155 e. The highest BCUT2D eigenvalue weighted by Crippen LogP contribution is 2.63. The van der Waals surface area contributed by atoms with E-state index in [9.17, 15) is 14.7 Å². The summed E-state index contributed by atoms with van der Waals surface area (Å²) in [5, 5.41) is 11.4. The molecule has 0 spiro atoms. The Bertz CT molecular complexity index is 577. The molecule has 0 aromatic carbocycles. The first-order chi connectivity index (χ1) is 10.4. The first-order valence-corrected chi connectivity index (χ1v) is 8.86. The summed E-state index contributed by atoms with van der Waals surface area (Å²) in [6.07, 6.45) is 7.16. The van der Waals surface area contributed by atoms with Crippen LogP contribution in [0.5, 0.6) is 0 Å². The number of aliphatic hydroxyl groups is 1. The maximum Gasteiger partial charge on any atom is 0.155 e. The van der Waals surface area contributed by atoms with Crippen molar-refractivity contribution in [3.63, 3.8) is 0 Å². The zero-order valence-electron chi connectivity index (χ0n) is 13.6. The van der Waals surface area contributed by atoms with Crippen LogP contribution in [-0.2, 0) is 9.59 Å². The van der Waals surface area contributed by atoms with Gasteiger partial charge < -0.3 is 5.11 Å². The van der Waals surface area contributed by atoms with Crippen molar-refractivity contribution in [1.82, 2.24) is 0 Å². The van der Waals surface area contributed by atoms with Gasteiger partial charge in [-0.05, 0) is 67.4 Å². The summed E-state index contributed by atoms with van der Waals surface area (Å²) < 4.78 is 0. The second-order valence-corrected chi connectivity index (χ2v) is 8.45. The number of hydrogen-bond donors (Lipinski definition) is 1. The molecule has 0 amide bonds. The Kier molecular flexibility index (Phi) is 3.01. The Labute approximate surface area is 132 Å². The van der Waals surface area contributed by atoms with E-state index in [0.29, 0.717) is 36.4 Å². The highest BCUT2D eigenvalue weighted by atomic mass is 16.3. The average molecular weight is 302 g/mol. The number of Topliss-reactive ketones (excluding diaryl/α,β-unsaturated/α-hetero) is 1. The van der Waals surface area contributed by atoms with Crippen molar-refractivity contribution in [2.45, 2.75) is 64.4 Å². The molecule has 0 saturated heterocycles. The Balaban J connectivity index is 1.75. The van der Waals surface area contributed by atoms with Gasteiger partial charge in [-0.2, -0.15) is 0 Å². The van der Waals surface area contributed by atoms with Gasteiger partial charge in [-0.25, -0.2) is 0 Å². The van der Waals surface area contributed by atoms with Crippen LogP contribution in [0.2, 0.25) is 0 Å². The van der Waals surface area contributed by atoms with Gasteiger partial charge in [0.05, 0.1) is 5.60 Å².